The van der Waals surface area contributed by atoms with Crippen molar-refractivity contribution >= 4 is 23.6 Å². The second-order valence-electron chi connectivity index (χ2n) is 7.22. The minimum atomic E-state index is -0.263. The van der Waals surface area contributed by atoms with E-state index >= 15 is 0 Å². The summed E-state index contributed by atoms with van der Waals surface area (Å²) in [6.45, 7) is 10.8. The number of aryl methyl sites for hydroxylation is 1. The Bertz CT molecular complexity index is 941. The molecule has 0 aliphatic carbocycles. The van der Waals surface area contributed by atoms with E-state index in [0.717, 1.165) is 23.6 Å². The number of hydrogen-bond donors (Lipinski definition) is 0. The number of benzene rings is 1. The van der Waals surface area contributed by atoms with Crippen molar-refractivity contribution in [1.82, 2.24) is 9.27 Å². The molecule has 0 bridgehead atoms. The van der Waals surface area contributed by atoms with E-state index in [0.29, 0.717) is 33.3 Å². The molecule has 0 unspecified atom stereocenters. The van der Waals surface area contributed by atoms with Gasteiger partial charge >= 0.3 is 0 Å². The lowest BCUT2D eigenvalue weighted by atomic mass is 9.90. The van der Waals surface area contributed by atoms with Gasteiger partial charge in [0.05, 0.1) is 23.3 Å². The summed E-state index contributed by atoms with van der Waals surface area (Å²) < 4.78 is 10.3. The standard InChI is InChI=1S/C20H23N5OS/c1-7-25(6)12-23-16-9-14(10-21)17(8-13(16)2)26-19-15(11-22)18(24-27-19)20(3,4)5/h8-9,12H,7H2,1-6H3. The summed E-state index contributed by atoms with van der Waals surface area (Å²) in [5, 5.41) is 19.5. The van der Waals surface area contributed by atoms with E-state index in [1.54, 1.807) is 18.5 Å². The second-order valence-corrected chi connectivity index (χ2v) is 7.96. The molecule has 6 nitrogen and oxygen atoms in total. The van der Waals surface area contributed by atoms with Crippen LogP contribution in [-0.2, 0) is 5.41 Å². The first-order valence-electron chi connectivity index (χ1n) is 8.58. The lowest BCUT2D eigenvalue weighted by Crippen LogP contribution is -2.14. The summed E-state index contributed by atoms with van der Waals surface area (Å²) >= 11 is 1.13. The summed E-state index contributed by atoms with van der Waals surface area (Å²) in [5.41, 5.74) is 2.80. The third kappa shape index (κ3) is 4.64. The zero-order chi connectivity index (χ0) is 20.2. The monoisotopic (exact) mass is 381 g/mol. The average molecular weight is 382 g/mol. The van der Waals surface area contributed by atoms with Crippen molar-refractivity contribution in [3.8, 4) is 23.0 Å². The van der Waals surface area contributed by atoms with Crippen LogP contribution in [-0.4, -0.2) is 29.2 Å². The highest BCUT2D eigenvalue weighted by atomic mass is 32.1. The summed E-state index contributed by atoms with van der Waals surface area (Å²) in [5.74, 6) is 0.401. The molecule has 0 fully saturated rings. The van der Waals surface area contributed by atoms with Gasteiger partial charge in [0.1, 0.15) is 23.5 Å². The van der Waals surface area contributed by atoms with Crippen LogP contribution in [0, 0.1) is 29.6 Å². The van der Waals surface area contributed by atoms with E-state index in [4.69, 9.17) is 4.74 Å². The number of nitriles is 2. The largest absolute Gasteiger partial charge is 0.442 e. The minimum Gasteiger partial charge on any atom is -0.442 e. The molecule has 2 aromatic rings. The first-order valence-corrected chi connectivity index (χ1v) is 9.35. The fourth-order valence-electron chi connectivity index (χ4n) is 2.28. The zero-order valence-electron chi connectivity index (χ0n) is 16.5. The topological polar surface area (TPSA) is 85.3 Å². The Morgan fingerprint density at radius 3 is 2.56 bits per heavy atom. The van der Waals surface area contributed by atoms with E-state index in [9.17, 15) is 10.5 Å². The zero-order valence-corrected chi connectivity index (χ0v) is 17.3. The summed E-state index contributed by atoms with van der Waals surface area (Å²) in [6.07, 6.45) is 1.73. The van der Waals surface area contributed by atoms with Crippen LogP contribution in [0.15, 0.2) is 17.1 Å². The van der Waals surface area contributed by atoms with Gasteiger partial charge in [0.25, 0.3) is 0 Å². The molecule has 0 radical (unpaired) electrons. The molecule has 7 heteroatoms. The third-order valence-corrected chi connectivity index (χ3v) is 4.72. The van der Waals surface area contributed by atoms with E-state index in [1.165, 1.54) is 0 Å². The molecule has 2 rings (SSSR count). The number of hydrogen-bond acceptors (Lipinski definition) is 6. The normalized spacial score (nSPS) is 11.3. The number of aliphatic imine (C=N–C) groups is 1. The Hall–Kier alpha value is -2.90. The van der Waals surface area contributed by atoms with Gasteiger partial charge in [-0.2, -0.15) is 14.9 Å². The van der Waals surface area contributed by atoms with Gasteiger partial charge in [-0.1, -0.05) is 20.8 Å². The fraction of sp³-hybridized carbons (Fsp3) is 0.400. The van der Waals surface area contributed by atoms with E-state index in [-0.39, 0.29) is 5.41 Å². The first-order chi connectivity index (χ1) is 12.7. The van der Waals surface area contributed by atoms with Gasteiger partial charge in [-0.3, -0.25) is 0 Å². The van der Waals surface area contributed by atoms with Crippen LogP contribution >= 0.6 is 11.5 Å². The van der Waals surface area contributed by atoms with Crippen molar-refractivity contribution in [2.24, 2.45) is 4.99 Å². The average Bonchev–Trinajstić information content (AvgIpc) is 3.03. The number of aromatic nitrogens is 1. The predicted octanol–water partition coefficient (Wildman–Crippen LogP) is 4.90. The molecule has 0 saturated carbocycles. The van der Waals surface area contributed by atoms with Gasteiger partial charge in [-0.15, -0.1) is 0 Å². The molecular formula is C20H23N5OS. The Morgan fingerprint density at radius 2 is 2.00 bits per heavy atom. The minimum absolute atomic E-state index is 0.263. The number of rotatable bonds is 5. The fourth-order valence-corrected chi connectivity index (χ4v) is 3.18. The third-order valence-electron chi connectivity index (χ3n) is 4.00. The van der Waals surface area contributed by atoms with Gasteiger partial charge < -0.3 is 9.64 Å². The molecule has 27 heavy (non-hydrogen) atoms. The van der Waals surface area contributed by atoms with Crippen LogP contribution in [0.1, 0.15) is 50.1 Å². The maximum Gasteiger partial charge on any atom is 0.218 e. The molecule has 0 saturated heterocycles. The molecule has 0 amide bonds. The van der Waals surface area contributed by atoms with Crippen LogP contribution in [0.3, 0.4) is 0 Å². The first kappa shape index (κ1) is 20.4. The Morgan fingerprint density at radius 1 is 1.30 bits per heavy atom. The molecule has 0 N–H and O–H groups in total. The molecule has 0 aliphatic heterocycles. The maximum atomic E-state index is 9.55. The summed E-state index contributed by atoms with van der Waals surface area (Å²) in [4.78, 5) is 6.38. The number of nitrogens with zero attached hydrogens (tertiary/aromatic N) is 5. The van der Waals surface area contributed by atoms with Crippen molar-refractivity contribution < 1.29 is 4.74 Å². The maximum absolute atomic E-state index is 9.55. The summed E-state index contributed by atoms with van der Waals surface area (Å²) in [6, 6.07) is 7.80. The van der Waals surface area contributed by atoms with Crippen molar-refractivity contribution in [3.05, 3.63) is 34.5 Å². The predicted molar refractivity (Wildman–Crippen MR) is 108 cm³/mol. The van der Waals surface area contributed by atoms with Gasteiger partial charge in [0.2, 0.25) is 5.06 Å². The SMILES string of the molecule is CCN(C)C=Nc1cc(C#N)c(Oc2snc(C(C)(C)C)c2C#N)cc1C. The Labute approximate surface area is 164 Å². The molecule has 1 aromatic carbocycles. The van der Waals surface area contributed by atoms with Gasteiger partial charge in [-0.05, 0) is 31.5 Å². The highest BCUT2D eigenvalue weighted by molar-refractivity contribution is 7.08. The number of ether oxygens (including phenoxy) is 1. The van der Waals surface area contributed by atoms with Crippen molar-refractivity contribution in [2.75, 3.05) is 13.6 Å². The molecule has 1 aromatic heterocycles. The lowest BCUT2D eigenvalue weighted by Gasteiger charge is -2.15. The molecular weight excluding hydrogens is 358 g/mol. The Kier molecular flexibility index (Phi) is 6.20. The molecule has 140 valence electrons. The van der Waals surface area contributed by atoms with E-state index < -0.39 is 0 Å². The quantitative estimate of drug-likeness (QED) is 0.543. The van der Waals surface area contributed by atoms with Gasteiger partial charge in [0.15, 0.2) is 0 Å². The van der Waals surface area contributed by atoms with Gasteiger partial charge in [-0.25, -0.2) is 4.99 Å². The lowest BCUT2D eigenvalue weighted by molar-refractivity contribution is 0.490. The van der Waals surface area contributed by atoms with Crippen molar-refractivity contribution in [2.45, 2.75) is 40.0 Å². The summed E-state index contributed by atoms with van der Waals surface area (Å²) in [7, 11) is 1.93. The van der Waals surface area contributed by atoms with Crippen LogP contribution in [0.25, 0.3) is 0 Å². The smallest absolute Gasteiger partial charge is 0.218 e. The van der Waals surface area contributed by atoms with Crippen molar-refractivity contribution in [1.29, 1.82) is 10.5 Å². The highest BCUT2D eigenvalue weighted by Gasteiger charge is 2.26. The Balaban J connectivity index is 2.43. The van der Waals surface area contributed by atoms with Crippen LogP contribution < -0.4 is 4.74 Å². The molecule has 0 spiro atoms. The van der Waals surface area contributed by atoms with Crippen molar-refractivity contribution in [3.63, 3.8) is 0 Å². The molecule has 0 atom stereocenters. The highest BCUT2D eigenvalue weighted by Crippen LogP contribution is 2.39. The van der Waals surface area contributed by atoms with E-state index in [1.807, 2.05) is 46.6 Å². The molecule has 0 aliphatic rings. The van der Waals surface area contributed by atoms with Crippen LogP contribution in [0.4, 0.5) is 5.69 Å². The van der Waals surface area contributed by atoms with E-state index in [2.05, 4.69) is 21.5 Å². The van der Waals surface area contributed by atoms with Gasteiger partial charge in [0, 0.05) is 30.5 Å². The van der Waals surface area contributed by atoms with Crippen LogP contribution in [0.2, 0.25) is 0 Å². The second kappa shape index (κ2) is 8.20. The van der Waals surface area contributed by atoms with Crippen LogP contribution in [0.5, 0.6) is 10.8 Å². The molecule has 1 heterocycles.